The number of anilines is 2. The third-order valence-electron chi connectivity index (χ3n) is 4.32. The van der Waals surface area contributed by atoms with Crippen molar-refractivity contribution in [3.63, 3.8) is 0 Å². The number of nitrogen functional groups attached to an aromatic ring is 1. The Bertz CT molecular complexity index is 1050. The molecule has 1 aromatic carbocycles. The number of nitrogens with zero attached hydrogens (tertiary/aromatic N) is 4. The van der Waals surface area contributed by atoms with Gasteiger partial charge in [0.1, 0.15) is 5.82 Å². The number of likely N-dealkylation sites (N-methyl/N-ethyl adjacent to an activating group) is 1. The van der Waals surface area contributed by atoms with E-state index in [1.807, 2.05) is 0 Å². The van der Waals surface area contributed by atoms with E-state index >= 15 is 0 Å². The monoisotopic (exact) mass is 431 g/mol. The number of carboxylic acids is 1. The molecule has 3 aromatic rings. The lowest BCUT2D eigenvalue weighted by Crippen LogP contribution is -2.44. The molecule has 3 N–H and O–H groups in total. The molecule has 0 aliphatic carbocycles. The lowest BCUT2D eigenvalue weighted by Gasteiger charge is -2.33. The van der Waals surface area contributed by atoms with Gasteiger partial charge in [0.05, 0.1) is 10.2 Å². The Morgan fingerprint density at radius 1 is 1.21 bits per heavy atom. The third-order valence-corrected chi connectivity index (χ3v) is 5.47. The number of carbonyl (C=O) groups is 1. The highest BCUT2D eigenvalue weighted by Crippen LogP contribution is 2.38. The van der Waals surface area contributed by atoms with E-state index in [1.54, 1.807) is 17.4 Å². The van der Waals surface area contributed by atoms with Crippen LogP contribution in [0.15, 0.2) is 18.2 Å². The van der Waals surface area contributed by atoms with Crippen molar-refractivity contribution in [2.45, 2.75) is 6.18 Å². The zero-order valence-electron chi connectivity index (χ0n) is 15.2. The van der Waals surface area contributed by atoms with Gasteiger partial charge in [-0.25, -0.2) is 14.2 Å². The molecule has 12 heteroatoms. The van der Waals surface area contributed by atoms with Gasteiger partial charge in [-0.1, -0.05) is 0 Å². The number of hydrogen-bond donors (Lipinski definition) is 2. The van der Waals surface area contributed by atoms with Gasteiger partial charge < -0.3 is 20.6 Å². The van der Waals surface area contributed by atoms with Crippen LogP contribution in [0.4, 0.5) is 29.3 Å². The molecule has 0 bridgehead atoms. The second-order valence-electron chi connectivity index (χ2n) is 6.42. The zero-order chi connectivity index (χ0) is 21.3. The summed E-state index contributed by atoms with van der Waals surface area (Å²) >= 11 is 1.60. The van der Waals surface area contributed by atoms with Crippen molar-refractivity contribution in [2.75, 3.05) is 43.9 Å². The van der Waals surface area contributed by atoms with Gasteiger partial charge in [-0.15, -0.1) is 11.3 Å². The summed E-state index contributed by atoms with van der Waals surface area (Å²) in [5.74, 6) is -1.90. The van der Waals surface area contributed by atoms with E-state index in [-0.39, 0.29) is 11.8 Å². The number of fused-ring (bicyclic) bond motifs is 3. The second kappa shape index (κ2) is 7.95. The van der Waals surface area contributed by atoms with Crippen LogP contribution in [-0.4, -0.2) is 65.3 Å². The molecule has 1 fully saturated rings. The smallest absolute Gasteiger partial charge is 0.475 e. The first kappa shape index (κ1) is 21.0. The molecule has 29 heavy (non-hydrogen) atoms. The van der Waals surface area contributed by atoms with Gasteiger partial charge in [-0.3, -0.25) is 0 Å². The van der Waals surface area contributed by atoms with E-state index < -0.39 is 12.1 Å². The van der Waals surface area contributed by atoms with Crippen molar-refractivity contribution in [1.82, 2.24) is 14.9 Å². The molecule has 0 unspecified atom stereocenters. The fourth-order valence-corrected chi connectivity index (χ4v) is 3.99. The van der Waals surface area contributed by atoms with Gasteiger partial charge >= 0.3 is 12.1 Å². The first-order chi connectivity index (χ1) is 13.6. The number of carboxylic acid groups (broad SMARTS) is 1. The van der Waals surface area contributed by atoms with E-state index in [4.69, 9.17) is 15.6 Å². The minimum absolute atomic E-state index is 0.241. The summed E-state index contributed by atoms with van der Waals surface area (Å²) < 4.78 is 47.3. The number of halogens is 4. The molecule has 1 saturated heterocycles. The Balaban J connectivity index is 0.000000298. The molecule has 0 radical (unpaired) electrons. The summed E-state index contributed by atoms with van der Waals surface area (Å²) in [6.45, 7) is 3.80. The van der Waals surface area contributed by atoms with Crippen LogP contribution >= 0.6 is 11.3 Å². The summed E-state index contributed by atoms with van der Waals surface area (Å²) in [5.41, 5.74) is 6.65. The molecule has 2 aromatic heterocycles. The predicted octanol–water partition coefficient (Wildman–Crippen LogP) is 2.95. The number of piperazine rings is 1. The average Bonchev–Trinajstić information content (AvgIpc) is 2.99. The fourth-order valence-electron chi connectivity index (χ4n) is 2.85. The normalized spacial score (nSPS) is 15.4. The molecule has 1 aliphatic rings. The van der Waals surface area contributed by atoms with Crippen LogP contribution in [0.3, 0.4) is 0 Å². The first-order valence-electron chi connectivity index (χ1n) is 8.45. The largest absolute Gasteiger partial charge is 0.490 e. The number of rotatable bonds is 1. The van der Waals surface area contributed by atoms with E-state index in [0.717, 1.165) is 52.3 Å². The highest BCUT2D eigenvalue weighted by Gasteiger charge is 2.38. The predicted molar refractivity (Wildman–Crippen MR) is 103 cm³/mol. The van der Waals surface area contributed by atoms with E-state index in [0.29, 0.717) is 0 Å². The molecule has 3 heterocycles. The molecular weight excluding hydrogens is 414 g/mol. The molecule has 0 atom stereocenters. The van der Waals surface area contributed by atoms with Crippen LogP contribution in [0.25, 0.3) is 20.3 Å². The van der Waals surface area contributed by atoms with Crippen molar-refractivity contribution in [1.29, 1.82) is 0 Å². The molecule has 7 nitrogen and oxygen atoms in total. The molecule has 4 rings (SSSR count). The number of benzene rings is 1. The van der Waals surface area contributed by atoms with Crippen LogP contribution in [0.1, 0.15) is 0 Å². The Morgan fingerprint density at radius 3 is 2.41 bits per heavy atom. The SMILES string of the molecule is CN1CCN(c2nc(N)nc3c2sc2ccc(F)cc23)CC1.O=C(O)C(F)(F)F. The Hall–Kier alpha value is -2.73. The van der Waals surface area contributed by atoms with E-state index in [1.165, 1.54) is 12.1 Å². The summed E-state index contributed by atoms with van der Waals surface area (Å²) in [6.07, 6.45) is -5.08. The highest BCUT2D eigenvalue weighted by molar-refractivity contribution is 7.26. The second-order valence-corrected chi connectivity index (χ2v) is 7.47. The molecule has 0 saturated carbocycles. The standard InChI is InChI=1S/C15H16FN5S.C2HF3O2/c1-20-4-6-21(7-5-20)14-13-12(18-15(17)19-14)10-8-9(16)2-3-11(10)22-13;3-2(4,5)1(6)7/h2-3,8H,4-7H2,1H3,(H2,17,18,19);(H,6,7). The molecule has 0 amide bonds. The van der Waals surface area contributed by atoms with Gasteiger partial charge in [0, 0.05) is 36.3 Å². The minimum atomic E-state index is -5.08. The fraction of sp³-hybridized carbons (Fsp3) is 0.353. The first-order valence-corrected chi connectivity index (χ1v) is 9.27. The van der Waals surface area contributed by atoms with Crippen LogP contribution < -0.4 is 10.6 Å². The number of nitrogens with two attached hydrogens (primary N) is 1. The summed E-state index contributed by atoms with van der Waals surface area (Å²) in [5, 5.41) is 7.93. The number of alkyl halides is 3. The number of hydrogen-bond acceptors (Lipinski definition) is 7. The van der Waals surface area contributed by atoms with Gasteiger partial charge in [-0.05, 0) is 25.2 Å². The molecule has 1 aliphatic heterocycles. The van der Waals surface area contributed by atoms with Crippen molar-refractivity contribution < 1.29 is 27.5 Å². The van der Waals surface area contributed by atoms with Gasteiger partial charge in [0.2, 0.25) is 5.95 Å². The van der Waals surface area contributed by atoms with E-state index in [2.05, 4.69) is 26.8 Å². The highest BCUT2D eigenvalue weighted by atomic mass is 32.1. The number of aliphatic carboxylic acids is 1. The zero-order valence-corrected chi connectivity index (χ0v) is 16.0. The van der Waals surface area contributed by atoms with Gasteiger partial charge in [0.15, 0.2) is 5.82 Å². The van der Waals surface area contributed by atoms with Crippen LogP contribution in [0, 0.1) is 5.82 Å². The Kier molecular flexibility index (Phi) is 5.75. The van der Waals surface area contributed by atoms with Gasteiger partial charge in [-0.2, -0.15) is 18.2 Å². The topological polar surface area (TPSA) is 95.6 Å². The summed E-state index contributed by atoms with van der Waals surface area (Å²) in [7, 11) is 2.11. The molecular formula is C17H17F4N5O2S. The van der Waals surface area contributed by atoms with E-state index in [9.17, 15) is 17.6 Å². The lowest BCUT2D eigenvalue weighted by atomic mass is 10.2. The maximum Gasteiger partial charge on any atom is 0.490 e. The number of thiophene rings is 1. The van der Waals surface area contributed by atoms with Crippen LogP contribution in [0.5, 0.6) is 0 Å². The third kappa shape index (κ3) is 4.65. The number of aromatic nitrogens is 2. The Morgan fingerprint density at radius 2 is 1.83 bits per heavy atom. The average molecular weight is 431 g/mol. The molecule has 156 valence electrons. The van der Waals surface area contributed by atoms with Crippen LogP contribution in [-0.2, 0) is 4.79 Å². The Labute approximate surface area is 166 Å². The van der Waals surface area contributed by atoms with Gasteiger partial charge in [0.25, 0.3) is 0 Å². The quantitative estimate of drug-likeness (QED) is 0.572. The van der Waals surface area contributed by atoms with Crippen molar-refractivity contribution in [2.24, 2.45) is 0 Å². The summed E-state index contributed by atoms with van der Waals surface area (Å²) in [4.78, 5) is 22.2. The maximum atomic E-state index is 13.6. The molecule has 0 spiro atoms. The summed E-state index contributed by atoms with van der Waals surface area (Å²) in [6, 6.07) is 4.79. The van der Waals surface area contributed by atoms with Crippen molar-refractivity contribution >= 4 is 49.4 Å². The maximum absolute atomic E-state index is 13.6. The lowest BCUT2D eigenvalue weighted by molar-refractivity contribution is -0.192. The minimum Gasteiger partial charge on any atom is -0.475 e. The van der Waals surface area contributed by atoms with Crippen molar-refractivity contribution in [3.05, 3.63) is 24.0 Å². The van der Waals surface area contributed by atoms with Crippen molar-refractivity contribution in [3.8, 4) is 0 Å². The van der Waals surface area contributed by atoms with Crippen LogP contribution in [0.2, 0.25) is 0 Å².